The summed E-state index contributed by atoms with van der Waals surface area (Å²) in [6.07, 6.45) is 1.93. The van der Waals surface area contributed by atoms with Crippen molar-refractivity contribution in [2.45, 2.75) is 51.4 Å². The zero-order valence-electron chi connectivity index (χ0n) is 15.7. The van der Waals surface area contributed by atoms with Gasteiger partial charge in [0.15, 0.2) is 5.60 Å². The highest BCUT2D eigenvalue weighted by molar-refractivity contribution is 6.00. The molecule has 0 aromatic rings. The monoisotopic (exact) mass is 376 g/mol. The van der Waals surface area contributed by atoms with Gasteiger partial charge in [0.25, 0.3) is 0 Å². The number of fused-ring (bicyclic) bond motifs is 3. The second-order valence-corrected chi connectivity index (χ2v) is 7.47. The van der Waals surface area contributed by atoms with Gasteiger partial charge in [0.1, 0.15) is 18.0 Å². The fourth-order valence-electron chi connectivity index (χ4n) is 3.54. The fraction of sp³-hybridized carbons (Fsp3) is 0.550. The van der Waals surface area contributed by atoms with E-state index in [2.05, 4.69) is 6.58 Å². The minimum absolute atomic E-state index is 0.0530. The highest BCUT2D eigenvalue weighted by Crippen LogP contribution is 2.42. The smallest absolute Gasteiger partial charge is 0.334 e. The molecule has 7 heteroatoms. The van der Waals surface area contributed by atoms with Crippen LogP contribution >= 0.6 is 0 Å². The van der Waals surface area contributed by atoms with E-state index in [-0.39, 0.29) is 36.1 Å². The van der Waals surface area contributed by atoms with Crippen LogP contribution in [-0.4, -0.2) is 47.2 Å². The molecule has 7 nitrogen and oxygen atoms in total. The van der Waals surface area contributed by atoms with Crippen LogP contribution in [0.15, 0.2) is 35.6 Å². The molecule has 0 unspecified atom stereocenters. The van der Waals surface area contributed by atoms with E-state index in [1.54, 1.807) is 19.9 Å². The van der Waals surface area contributed by atoms with Gasteiger partial charge in [-0.2, -0.15) is 0 Å². The molecule has 5 atom stereocenters. The second kappa shape index (κ2) is 6.96. The Hall–Kier alpha value is -2.41. The van der Waals surface area contributed by atoms with Crippen molar-refractivity contribution in [1.82, 2.24) is 0 Å². The van der Waals surface area contributed by atoms with Crippen LogP contribution in [0.25, 0.3) is 0 Å². The molecule has 0 amide bonds. The molecule has 1 N–H and O–H groups in total. The quantitative estimate of drug-likeness (QED) is 0.588. The summed E-state index contributed by atoms with van der Waals surface area (Å²) in [7, 11) is 0. The van der Waals surface area contributed by atoms with E-state index in [0.717, 1.165) is 0 Å². The minimum atomic E-state index is -1.26. The summed E-state index contributed by atoms with van der Waals surface area (Å²) in [5, 5.41) is 9.71. The minimum Gasteiger partial charge on any atom is -0.479 e. The van der Waals surface area contributed by atoms with Gasteiger partial charge >= 0.3 is 11.9 Å². The molecule has 3 aliphatic heterocycles. The lowest BCUT2D eigenvalue weighted by Crippen LogP contribution is -2.43. The van der Waals surface area contributed by atoms with Crippen molar-refractivity contribution in [2.24, 2.45) is 11.8 Å². The van der Waals surface area contributed by atoms with E-state index >= 15 is 0 Å². The largest absolute Gasteiger partial charge is 0.479 e. The number of rotatable bonds is 4. The Bertz CT molecular complexity index is 762. The molecule has 0 aromatic heterocycles. The molecule has 27 heavy (non-hydrogen) atoms. The predicted octanol–water partition coefficient (Wildman–Crippen LogP) is 1.61. The third-order valence-corrected chi connectivity index (χ3v) is 5.51. The molecule has 0 radical (unpaired) electrons. The maximum Gasteiger partial charge on any atom is 0.334 e. The number of aliphatic hydroxyl groups is 1. The predicted molar refractivity (Wildman–Crippen MR) is 94.2 cm³/mol. The Labute approximate surface area is 157 Å². The Morgan fingerprint density at radius 2 is 2.19 bits per heavy atom. The molecule has 0 saturated carbocycles. The van der Waals surface area contributed by atoms with Crippen molar-refractivity contribution in [1.29, 1.82) is 0 Å². The number of ketones is 1. The molecule has 1 saturated heterocycles. The topological polar surface area (TPSA) is 99.1 Å². The highest BCUT2D eigenvalue weighted by Gasteiger charge is 2.52. The van der Waals surface area contributed by atoms with Crippen molar-refractivity contribution in [3.63, 3.8) is 0 Å². The normalized spacial score (nSPS) is 35.6. The van der Waals surface area contributed by atoms with Crippen LogP contribution in [0.4, 0.5) is 0 Å². The van der Waals surface area contributed by atoms with Gasteiger partial charge in [-0.15, -0.1) is 0 Å². The van der Waals surface area contributed by atoms with Crippen LogP contribution in [0.3, 0.4) is 0 Å². The van der Waals surface area contributed by atoms with Crippen molar-refractivity contribution in [3.05, 3.63) is 35.6 Å². The Balaban J connectivity index is 2.05. The van der Waals surface area contributed by atoms with E-state index in [1.165, 1.54) is 6.08 Å². The number of hydrogen-bond acceptors (Lipinski definition) is 7. The lowest BCUT2D eigenvalue weighted by atomic mass is 9.82. The van der Waals surface area contributed by atoms with Crippen molar-refractivity contribution < 1.29 is 33.7 Å². The van der Waals surface area contributed by atoms with E-state index in [1.807, 2.05) is 6.92 Å². The van der Waals surface area contributed by atoms with Crippen LogP contribution < -0.4 is 0 Å². The molecule has 3 rings (SSSR count). The van der Waals surface area contributed by atoms with Gasteiger partial charge < -0.3 is 19.3 Å². The van der Waals surface area contributed by atoms with Gasteiger partial charge in [0, 0.05) is 23.6 Å². The number of carbonyl (C=O) groups excluding carboxylic acids is 3. The first-order valence-corrected chi connectivity index (χ1v) is 9.07. The van der Waals surface area contributed by atoms with Crippen molar-refractivity contribution in [2.75, 3.05) is 6.61 Å². The van der Waals surface area contributed by atoms with E-state index < -0.39 is 35.7 Å². The van der Waals surface area contributed by atoms with Gasteiger partial charge in [-0.3, -0.25) is 9.59 Å². The maximum absolute atomic E-state index is 12.5. The summed E-state index contributed by atoms with van der Waals surface area (Å²) in [6.45, 7) is 8.65. The molecule has 3 heterocycles. The lowest BCUT2D eigenvalue weighted by Gasteiger charge is -2.32. The van der Waals surface area contributed by atoms with E-state index in [9.17, 15) is 19.5 Å². The van der Waals surface area contributed by atoms with Crippen molar-refractivity contribution >= 4 is 17.7 Å². The molecule has 0 aromatic carbocycles. The first-order valence-electron chi connectivity index (χ1n) is 9.07. The average molecular weight is 376 g/mol. The molecule has 0 aliphatic carbocycles. The summed E-state index contributed by atoms with van der Waals surface area (Å²) in [4.78, 5) is 37.1. The number of esters is 2. The maximum atomic E-state index is 12.5. The van der Waals surface area contributed by atoms with Gasteiger partial charge in [0.2, 0.25) is 5.78 Å². The SMILES string of the molecule is C=C1C(=O)O[C@@H]2/C=C(/CO)C3=CC(=O)[C@@](C)(C[C@@H](OC(=O)[C@@H](C)CC)[C@@H]12)O3. The Kier molecular flexibility index (Phi) is 4.99. The molecule has 3 aliphatic rings. The summed E-state index contributed by atoms with van der Waals surface area (Å²) in [6, 6.07) is 0. The van der Waals surface area contributed by atoms with Gasteiger partial charge in [-0.1, -0.05) is 20.4 Å². The molecule has 146 valence electrons. The van der Waals surface area contributed by atoms with Crippen molar-refractivity contribution in [3.8, 4) is 0 Å². The lowest BCUT2D eigenvalue weighted by molar-refractivity contribution is -0.161. The third-order valence-electron chi connectivity index (χ3n) is 5.51. The fourth-order valence-corrected chi connectivity index (χ4v) is 3.54. The number of hydrogen-bond donors (Lipinski definition) is 1. The van der Waals surface area contributed by atoms with Crippen LogP contribution in [0.1, 0.15) is 33.6 Å². The van der Waals surface area contributed by atoms with Gasteiger partial charge in [-0.05, 0) is 19.4 Å². The molecule has 0 spiro atoms. The molecular formula is C20H24O7. The zero-order chi connectivity index (χ0) is 19.9. The van der Waals surface area contributed by atoms with Crippen LogP contribution in [-0.2, 0) is 28.6 Å². The zero-order valence-corrected chi connectivity index (χ0v) is 15.7. The van der Waals surface area contributed by atoms with Gasteiger partial charge in [0.05, 0.1) is 18.4 Å². The highest BCUT2D eigenvalue weighted by atomic mass is 16.6. The number of ether oxygens (including phenoxy) is 3. The summed E-state index contributed by atoms with van der Waals surface area (Å²) in [5.41, 5.74) is -0.734. The van der Waals surface area contributed by atoms with Crippen LogP contribution in [0.2, 0.25) is 0 Å². The molecule has 1 fully saturated rings. The first-order chi connectivity index (χ1) is 12.7. The molecular weight excluding hydrogens is 352 g/mol. The Morgan fingerprint density at radius 3 is 2.81 bits per heavy atom. The summed E-state index contributed by atoms with van der Waals surface area (Å²) >= 11 is 0. The number of aliphatic hydroxyl groups excluding tert-OH is 1. The summed E-state index contributed by atoms with van der Waals surface area (Å²) in [5.74, 6) is -2.02. The van der Waals surface area contributed by atoms with Crippen LogP contribution in [0.5, 0.6) is 0 Å². The van der Waals surface area contributed by atoms with Gasteiger partial charge in [-0.25, -0.2) is 4.79 Å². The number of carbonyl (C=O) groups is 3. The third kappa shape index (κ3) is 3.32. The second-order valence-electron chi connectivity index (χ2n) is 7.47. The average Bonchev–Trinajstić information content (AvgIpc) is 3.08. The molecule has 2 bridgehead atoms. The Morgan fingerprint density at radius 1 is 1.48 bits per heavy atom. The standard InChI is InChI=1S/C20H24O7/c1-5-10(2)18(23)26-15-8-20(4)16(22)7-13(27-20)12(9-21)6-14-17(15)11(3)19(24)25-14/h6-7,10,14-15,17,21H,3,5,8-9H2,1-2,4H3/b12-6-/t10-,14+,15+,17-,20+/m0/s1. The van der Waals surface area contributed by atoms with E-state index in [0.29, 0.717) is 12.0 Å². The van der Waals surface area contributed by atoms with Crippen LogP contribution in [0, 0.1) is 11.8 Å². The summed E-state index contributed by atoms with van der Waals surface area (Å²) < 4.78 is 16.9. The van der Waals surface area contributed by atoms with E-state index in [4.69, 9.17) is 14.2 Å². The first kappa shape index (κ1) is 19.4.